The van der Waals surface area contributed by atoms with E-state index in [2.05, 4.69) is 16.7 Å². The molecule has 1 heterocycles. The van der Waals surface area contributed by atoms with Gasteiger partial charge in [-0.1, -0.05) is 23.6 Å². The first-order chi connectivity index (χ1) is 13.6. The molecule has 7 heteroatoms. The van der Waals surface area contributed by atoms with E-state index in [0.717, 1.165) is 23.4 Å². The number of nitrogens with zero attached hydrogens (tertiary/aromatic N) is 2. The number of carbonyl (C=O) groups is 1. The fraction of sp³-hybridized carbons (Fsp3) is 0.318. The van der Waals surface area contributed by atoms with Gasteiger partial charge in [-0.05, 0) is 55.3 Å². The molecule has 0 spiro atoms. The van der Waals surface area contributed by atoms with Crippen molar-refractivity contribution in [2.45, 2.75) is 20.0 Å². The Bertz CT molecular complexity index is 984. The molecule has 29 heavy (non-hydrogen) atoms. The van der Waals surface area contributed by atoms with Crippen LogP contribution >= 0.6 is 11.6 Å². The number of anilines is 1. The normalized spacial score (nSPS) is 14.4. The summed E-state index contributed by atoms with van der Waals surface area (Å²) in [5, 5.41) is 0.659. The molecule has 0 atom stereocenters. The van der Waals surface area contributed by atoms with Gasteiger partial charge in [-0.25, -0.2) is 0 Å². The SMILES string of the molecule is Cc1cc(C#CC(=O)N2CCN(c3cc(Cl)ccc3C)CC2)cc(C(F)(F)F)c1. The molecule has 0 saturated carbocycles. The molecule has 0 aromatic heterocycles. The van der Waals surface area contributed by atoms with Crippen molar-refractivity contribution in [1.82, 2.24) is 4.90 Å². The maximum absolute atomic E-state index is 12.9. The van der Waals surface area contributed by atoms with E-state index in [0.29, 0.717) is 36.8 Å². The van der Waals surface area contributed by atoms with Crippen LogP contribution in [0.1, 0.15) is 22.3 Å². The second-order valence-corrected chi connectivity index (χ2v) is 7.48. The molecule has 0 unspecified atom stereocenters. The van der Waals surface area contributed by atoms with Crippen LogP contribution in [0.2, 0.25) is 5.02 Å². The highest BCUT2D eigenvalue weighted by Gasteiger charge is 2.30. The van der Waals surface area contributed by atoms with Crippen molar-refractivity contribution in [1.29, 1.82) is 0 Å². The van der Waals surface area contributed by atoms with Crippen LogP contribution in [0, 0.1) is 25.7 Å². The average Bonchev–Trinajstić information content (AvgIpc) is 2.67. The number of alkyl halides is 3. The van der Waals surface area contributed by atoms with Gasteiger partial charge in [0.1, 0.15) is 0 Å². The molecule has 3 rings (SSSR count). The van der Waals surface area contributed by atoms with E-state index in [4.69, 9.17) is 11.6 Å². The number of carbonyl (C=O) groups excluding carboxylic acids is 1. The van der Waals surface area contributed by atoms with Crippen LogP contribution < -0.4 is 4.90 Å². The van der Waals surface area contributed by atoms with Crippen molar-refractivity contribution in [3.05, 3.63) is 63.7 Å². The zero-order chi connectivity index (χ0) is 21.2. The van der Waals surface area contributed by atoms with E-state index < -0.39 is 11.7 Å². The molecule has 1 saturated heterocycles. The quantitative estimate of drug-likeness (QED) is 0.626. The third-order valence-corrected chi connectivity index (χ3v) is 5.03. The molecule has 2 aromatic carbocycles. The molecule has 0 aliphatic carbocycles. The molecule has 152 valence electrons. The van der Waals surface area contributed by atoms with E-state index in [9.17, 15) is 18.0 Å². The summed E-state index contributed by atoms with van der Waals surface area (Å²) in [7, 11) is 0. The van der Waals surface area contributed by atoms with Crippen molar-refractivity contribution in [3.63, 3.8) is 0 Å². The highest BCUT2D eigenvalue weighted by molar-refractivity contribution is 6.30. The Kier molecular flexibility index (Phi) is 6.09. The molecule has 1 aliphatic heterocycles. The number of hydrogen-bond donors (Lipinski definition) is 0. The molecule has 1 fully saturated rings. The zero-order valence-electron chi connectivity index (χ0n) is 16.1. The third kappa shape index (κ3) is 5.24. The summed E-state index contributed by atoms with van der Waals surface area (Å²) in [6.45, 7) is 5.82. The molecule has 2 aromatic rings. The van der Waals surface area contributed by atoms with Crippen molar-refractivity contribution < 1.29 is 18.0 Å². The summed E-state index contributed by atoms with van der Waals surface area (Å²) < 4.78 is 38.8. The summed E-state index contributed by atoms with van der Waals surface area (Å²) >= 11 is 6.09. The molecular formula is C22H20ClF3N2O. The second-order valence-electron chi connectivity index (χ2n) is 7.05. The summed E-state index contributed by atoms with van der Waals surface area (Å²) in [5.41, 5.74) is 2.00. The average molecular weight is 421 g/mol. The van der Waals surface area contributed by atoms with Gasteiger partial charge in [0.15, 0.2) is 0 Å². The molecule has 0 radical (unpaired) electrons. The minimum atomic E-state index is -4.44. The Morgan fingerprint density at radius 3 is 2.38 bits per heavy atom. The number of rotatable bonds is 1. The zero-order valence-corrected chi connectivity index (χ0v) is 16.9. The first-order valence-corrected chi connectivity index (χ1v) is 9.52. The van der Waals surface area contributed by atoms with Crippen LogP contribution in [-0.4, -0.2) is 37.0 Å². The molecular weight excluding hydrogens is 401 g/mol. The van der Waals surface area contributed by atoms with Crippen LogP contribution in [0.4, 0.5) is 18.9 Å². The van der Waals surface area contributed by atoms with E-state index in [1.54, 1.807) is 11.8 Å². The van der Waals surface area contributed by atoms with Crippen molar-refractivity contribution in [3.8, 4) is 11.8 Å². The number of piperazine rings is 1. The minimum absolute atomic E-state index is 0.180. The molecule has 3 nitrogen and oxygen atoms in total. The van der Waals surface area contributed by atoms with E-state index in [1.165, 1.54) is 6.07 Å². The van der Waals surface area contributed by atoms with Crippen LogP contribution in [0.25, 0.3) is 0 Å². The predicted octanol–water partition coefficient (Wildman–Crippen LogP) is 4.68. The van der Waals surface area contributed by atoms with Gasteiger partial charge >= 0.3 is 6.18 Å². The van der Waals surface area contributed by atoms with Gasteiger partial charge in [-0.3, -0.25) is 4.79 Å². The lowest BCUT2D eigenvalue weighted by atomic mass is 10.1. The lowest BCUT2D eigenvalue weighted by molar-refractivity contribution is -0.137. The van der Waals surface area contributed by atoms with Gasteiger partial charge in [0.25, 0.3) is 5.91 Å². The Hall–Kier alpha value is -2.65. The topological polar surface area (TPSA) is 23.6 Å². The van der Waals surface area contributed by atoms with Crippen LogP contribution in [0.3, 0.4) is 0 Å². The molecule has 0 bridgehead atoms. The standard InChI is InChI=1S/C22H20ClF3N2O/c1-15-11-17(13-18(12-15)22(24,25)26)4-6-21(29)28-9-7-27(8-10-28)20-14-19(23)5-3-16(20)2/h3,5,11-14H,7-10H2,1-2H3. The Morgan fingerprint density at radius 2 is 1.72 bits per heavy atom. The summed E-state index contributed by atoms with van der Waals surface area (Å²) in [6.07, 6.45) is -4.44. The van der Waals surface area contributed by atoms with Gasteiger partial charge in [0, 0.05) is 48.4 Å². The number of amides is 1. The van der Waals surface area contributed by atoms with E-state index in [1.807, 2.05) is 25.1 Å². The number of aryl methyl sites for hydroxylation is 2. The molecule has 1 aliphatic rings. The number of benzene rings is 2. The predicted molar refractivity (Wildman–Crippen MR) is 108 cm³/mol. The smallest absolute Gasteiger partial charge is 0.368 e. The lowest BCUT2D eigenvalue weighted by Crippen LogP contribution is -2.48. The maximum Gasteiger partial charge on any atom is 0.416 e. The van der Waals surface area contributed by atoms with Crippen LogP contribution in [0.5, 0.6) is 0 Å². The van der Waals surface area contributed by atoms with E-state index >= 15 is 0 Å². The Labute approximate surface area is 173 Å². The summed E-state index contributed by atoms with van der Waals surface area (Å²) in [5.74, 6) is 4.68. The largest absolute Gasteiger partial charge is 0.416 e. The minimum Gasteiger partial charge on any atom is -0.368 e. The molecule has 0 N–H and O–H groups in total. The summed E-state index contributed by atoms with van der Waals surface area (Å²) in [6, 6.07) is 9.26. The van der Waals surface area contributed by atoms with Crippen molar-refractivity contribution in [2.75, 3.05) is 31.1 Å². The van der Waals surface area contributed by atoms with Crippen LogP contribution in [-0.2, 0) is 11.0 Å². The van der Waals surface area contributed by atoms with Crippen molar-refractivity contribution >= 4 is 23.2 Å². The maximum atomic E-state index is 12.9. The highest BCUT2D eigenvalue weighted by atomic mass is 35.5. The fourth-order valence-electron chi connectivity index (χ4n) is 3.30. The Morgan fingerprint density at radius 1 is 1.03 bits per heavy atom. The van der Waals surface area contributed by atoms with Crippen molar-refractivity contribution in [2.24, 2.45) is 0 Å². The second kappa shape index (κ2) is 8.38. The van der Waals surface area contributed by atoms with Gasteiger partial charge < -0.3 is 9.80 Å². The number of hydrogen-bond acceptors (Lipinski definition) is 2. The fourth-order valence-corrected chi connectivity index (χ4v) is 3.46. The first-order valence-electron chi connectivity index (χ1n) is 9.14. The summed E-state index contributed by atoms with van der Waals surface area (Å²) in [4.78, 5) is 16.2. The highest BCUT2D eigenvalue weighted by Crippen LogP contribution is 2.30. The van der Waals surface area contributed by atoms with Gasteiger partial charge in [-0.15, -0.1) is 0 Å². The van der Waals surface area contributed by atoms with Gasteiger partial charge in [0.05, 0.1) is 5.56 Å². The lowest BCUT2D eigenvalue weighted by Gasteiger charge is -2.36. The van der Waals surface area contributed by atoms with Gasteiger partial charge in [-0.2, -0.15) is 13.2 Å². The van der Waals surface area contributed by atoms with Crippen LogP contribution in [0.15, 0.2) is 36.4 Å². The van der Waals surface area contributed by atoms with Gasteiger partial charge in [0.2, 0.25) is 0 Å². The monoisotopic (exact) mass is 420 g/mol. The Balaban J connectivity index is 1.67. The number of halogens is 4. The van der Waals surface area contributed by atoms with E-state index in [-0.39, 0.29) is 11.5 Å². The first kappa shape index (κ1) is 21.1. The molecule has 1 amide bonds. The third-order valence-electron chi connectivity index (χ3n) is 4.80.